The second kappa shape index (κ2) is 5.30. The molecule has 6 heteroatoms. The zero-order chi connectivity index (χ0) is 14.9. The Kier molecular flexibility index (Phi) is 3.87. The molecule has 0 unspecified atom stereocenters. The zero-order valence-corrected chi connectivity index (χ0v) is 11.6. The third-order valence-corrected chi connectivity index (χ3v) is 3.68. The molecule has 0 aliphatic carbocycles. The molecule has 2 amide bonds. The third kappa shape index (κ3) is 2.71. The fourth-order valence-corrected chi connectivity index (χ4v) is 2.23. The summed E-state index contributed by atoms with van der Waals surface area (Å²) in [6.45, 7) is 4.14. The molecule has 0 saturated carbocycles. The van der Waals surface area contributed by atoms with Gasteiger partial charge in [0.15, 0.2) is 0 Å². The number of nitrogens with zero attached hydrogens (tertiary/aromatic N) is 1. The third-order valence-electron chi connectivity index (χ3n) is 3.68. The first-order valence-corrected chi connectivity index (χ1v) is 6.41. The molecule has 20 heavy (non-hydrogen) atoms. The summed E-state index contributed by atoms with van der Waals surface area (Å²) in [5.41, 5.74) is 6.32. The number of nitrogens with two attached hydrogens (primary N) is 1. The van der Waals surface area contributed by atoms with Crippen LogP contribution in [0.25, 0.3) is 0 Å². The lowest BCUT2D eigenvalue weighted by atomic mass is 9.96. The molecule has 1 heterocycles. The molecule has 1 aliphatic rings. The van der Waals surface area contributed by atoms with Crippen LogP contribution in [0, 0.1) is 5.82 Å². The highest BCUT2D eigenvalue weighted by Crippen LogP contribution is 2.23. The molecule has 1 aromatic carbocycles. The number of nitrogens with one attached hydrogen (secondary N) is 1. The van der Waals surface area contributed by atoms with Crippen molar-refractivity contribution in [3.8, 4) is 0 Å². The van der Waals surface area contributed by atoms with E-state index in [9.17, 15) is 14.0 Å². The number of imide groups is 1. The molecular weight excluding hydrogens is 261 g/mol. The van der Waals surface area contributed by atoms with Crippen LogP contribution < -0.4 is 11.1 Å². The first-order chi connectivity index (χ1) is 9.34. The zero-order valence-electron chi connectivity index (χ0n) is 11.6. The van der Waals surface area contributed by atoms with Gasteiger partial charge in [0.1, 0.15) is 5.82 Å². The van der Waals surface area contributed by atoms with Crippen molar-refractivity contribution in [2.45, 2.75) is 32.5 Å². The lowest BCUT2D eigenvalue weighted by Gasteiger charge is -2.40. The van der Waals surface area contributed by atoms with Crippen molar-refractivity contribution in [1.29, 1.82) is 0 Å². The monoisotopic (exact) mass is 279 g/mol. The number of rotatable bonds is 3. The lowest BCUT2D eigenvalue weighted by Crippen LogP contribution is -2.63. The molecule has 0 bridgehead atoms. The van der Waals surface area contributed by atoms with E-state index in [0.717, 1.165) is 5.56 Å². The summed E-state index contributed by atoms with van der Waals surface area (Å²) in [6.07, 6.45) is 0. The second-order valence-electron chi connectivity index (χ2n) is 5.41. The van der Waals surface area contributed by atoms with E-state index in [4.69, 9.17) is 5.73 Å². The van der Waals surface area contributed by atoms with Gasteiger partial charge in [-0.25, -0.2) is 4.39 Å². The molecule has 5 nitrogen and oxygen atoms in total. The lowest BCUT2D eigenvalue weighted by molar-refractivity contribution is -0.145. The van der Waals surface area contributed by atoms with Crippen LogP contribution in [0.5, 0.6) is 0 Å². The minimum Gasteiger partial charge on any atom is -0.326 e. The maximum absolute atomic E-state index is 13.4. The minimum absolute atomic E-state index is 0.0965. The Balaban J connectivity index is 2.30. The number of hydrogen-bond donors (Lipinski definition) is 2. The number of amides is 2. The van der Waals surface area contributed by atoms with Gasteiger partial charge in [0.05, 0.1) is 12.1 Å². The smallest absolute Gasteiger partial charge is 0.246 e. The molecule has 1 fully saturated rings. The molecule has 0 spiro atoms. The molecule has 1 saturated heterocycles. The van der Waals surface area contributed by atoms with E-state index in [1.165, 1.54) is 12.1 Å². The van der Waals surface area contributed by atoms with Gasteiger partial charge in [-0.1, -0.05) is 6.07 Å². The van der Waals surface area contributed by atoms with Gasteiger partial charge >= 0.3 is 0 Å². The molecule has 3 N–H and O–H groups in total. The van der Waals surface area contributed by atoms with Gasteiger partial charge in [0.2, 0.25) is 11.8 Å². The van der Waals surface area contributed by atoms with Crippen molar-refractivity contribution in [1.82, 2.24) is 10.2 Å². The number of hydrogen-bond acceptors (Lipinski definition) is 4. The summed E-state index contributed by atoms with van der Waals surface area (Å²) >= 11 is 0. The SMILES string of the molecule is CC1(C)C(=O)NC(=O)CN1Cc1cc(F)ccc1CN. The van der Waals surface area contributed by atoms with E-state index in [0.29, 0.717) is 12.1 Å². The van der Waals surface area contributed by atoms with Crippen molar-refractivity contribution >= 4 is 11.8 Å². The van der Waals surface area contributed by atoms with Crippen LogP contribution in [0.15, 0.2) is 18.2 Å². The predicted molar refractivity (Wildman–Crippen MR) is 71.9 cm³/mol. The van der Waals surface area contributed by atoms with Crippen LogP contribution in [-0.4, -0.2) is 28.8 Å². The molecule has 0 atom stereocenters. The number of piperazine rings is 1. The summed E-state index contributed by atoms with van der Waals surface area (Å²) in [5, 5.41) is 2.31. The largest absolute Gasteiger partial charge is 0.326 e. The summed E-state index contributed by atoms with van der Waals surface area (Å²) < 4.78 is 13.4. The maximum Gasteiger partial charge on any atom is 0.246 e. The highest BCUT2D eigenvalue weighted by molar-refractivity contribution is 6.02. The summed E-state index contributed by atoms with van der Waals surface area (Å²) in [7, 11) is 0. The molecule has 0 aromatic heterocycles. The van der Waals surface area contributed by atoms with Gasteiger partial charge < -0.3 is 5.73 Å². The molecule has 108 valence electrons. The Morgan fingerprint density at radius 3 is 2.70 bits per heavy atom. The Bertz CT molecular complexity index is 557. The van der Waals surface area contributed by atoms with Crippen LogP contribution in [0.2, 0.25) is 0 Å². The van der Waals surface area contributed by atoms with E-state index in [1.807, 2.05) is 0 Å². The second-order valence-corrected chi connectivity index (χ2v) is 5.41. The minimum atomic E-state index is -0.827. The van der Waals surface area contributed by atoms with Crippen molar-refractivity contribution in [3.05, 3.63) is 35.1 Å². The van der Waals surface area contributed by atoms with Crippen molar-refractivity contribution in [2.75, 3.05) is 6.54 Å². The Labute approximate surface area is 116 Å². The average Bonchev–Trinajstić information content (AvgIpc) is 2.36. The summed E-state index contributed by atoms with van der Waals surface area (Å²) in [4.78, 5) is 25.1. The fraction of sp³-hybridized carbons (Fsp3) is 0.429. The Hall–Kier alpha value is -1.79. The van der Waals surface area contributed by atoms with Crippen LogP contribution in [0.1, 0.15) is 25.0 Å². The predicted octanol–water partition coefficient (Wildman–Crippen LogP) is 0.521. The van der Waals surface area contributed by atoms with Crippen molar-refractivity contribution in [2.24, 2.45) is 5.73 Å². The van der Waals surface area contributed by atoms with E-state index >= 15 is 0 Å². The van der Waals surface area contributed by atoms with E-state index in [1.54, 1.807) is 24.8 Å². The van der Waals surface area contributed by atoms with E-state index in [2.05, 4.69) is 5.32 Å². The normalized spacial score (nSPS) is 19.0. The van der Waals surface area contributed by atoms with Gasteiger partial charge in [-0.3, -0.25) is 19.8 Å². The highest BCUT2D eigenvalue weighted by Gasteiger charge is 2.40. The number of carbonyl (C=O) groups excluding carboxylic acids is 2. The Morgan fingerprint density at radius 2 is 2.05 bits per heavy atom. The summed E-state index contributed by atoms with van der Waals surface area (Å²) in [5.74, 6) is -1.05. The van der Waals surface area contributed by atoms with Gasteiger partial charge in [0.25, 0.3) is 0 Å². The van der Waals surface area contributed by atoms with E-state index < -0.39 is 5.54 Å². The molecule has 0 radical (unpaired) electrons. The summed E-state index contributed by atoms with van der Waals surface area (Å²) in [6, 6.07) is 4.38. The molecule has 2 rings (SSSR count). The van der Waals surface area contributed by atoms with Crippen molar-refractivity contribution < 1.29 is 14.0 Å². The van der Waals surface area contributed by atoms with Gasteiger partial charge in [-0.15, -0.1) is 0 Å². The van der Waals surface area contributed by atoms with Crippen LogP contribution >= 0.6 is 0 Å². The molecular formula is C14H18FN3O2. The number of carbonyl (C=O) groups is 2. The van der Waals surface area contributed by atoms with Gasteiger partial charge in [0, 0.05) is 13.1 Å². The molecule has 1 aliphatic heterocycles. The standard InChI is InChI=1S/C14H18FN3O2/c1-14(2)13(20)17-12(19)8-18(14)7-10-5-11(15)4-3-9(10)6-16/h3-5H,6-8,16H2,1-2H3,(H,17,19,20). The van der Waals surface area contributed by atoms with Gasteiger partial charge in [-0.2, -0.15) is 0 Å². The van der Waals surface area contributed by atoms with Crippen LogP contribution in [0.4, 0.5) is 4.39 Å². The molecule has 1 aromatic rings. The highest BCUT2D eigenvalue weighted by atomic mass is 19.1. The first kappa shape index (κ1) is 14.6. The topological polar surface area (TPSA) is 75.4 Å². The van der Waals surface area contributed by atoms with E-state index in [-0.39, 0.29) is 30.7 Å². The quantitative estimate of drug-likeness (QED) is 0.791. The maximum atomic E-state index is 13.4. The fourth-order valence-electron chi connectivity index (χ4n) is 2.23. The van der Waals surface area contributed by atoms with Gasteiger partial charge in [-0.05, 0) is 37.1 Å². The van der Waals surface area contributed by atoms with Crippen LogP contribution in [0.3, 0.4) is 0 Å². The number of benzene rings is 1. The van der Waals surface area contributed by atoms with Crippen LogP contribution in [-0.2, 0) is 22.7 Å². The first-order valence-electron chi connectivity index (χ1n) is 6.41. The number of halogens is 1. The average molecular weight is 279 g/mol. The van der Waals surface area contributed by atoms with Crippen molar-refractivity contribution in [3.63, 3.8) is 0 Å². The Morgan fingerprint density at radius 1 is 1.35 bits per heavy atom.